The van der Waals surface area contributed by atoms with Crippen molar-refractivity contribution in [2.24, 2.45) is 0 Å². The minimum Gasteiger partial charge on any atom is -0.497 e. The zero-order valence-corrected chi connectivity index (χ0v) is 25.0. The lowest BCUT2D eigenvalue weighted by molar-refractivity contribution is -0.142. The highest BCUT2D eigenvalue weighted by molar-refractivity contribution is 7.92. The van der Waals surface area contributed by atoms with E-state index >= 15 is 0 Å². The largest absolute Gasteiger partial charge is 0.497 e. The molecule has 3 heterocycles. The van der Waals surface area contributed by atoms with Gasteiger partial charge >= 0.3 is 12.2 Å². The van der Waals surface area contributed by atoms with Crippen LogP contribution in [0.3, 0.4) is 0 Å². The monoisotopic (exact) mass is 663 g/mol. The number of anilines is 2. The van der Waals surface area contributed by atoms with Gasteiger partial charge in [0.05, 0.1) is 31.9 Å². The Balaban J connectivity index is 1.42. The second kappa shape index (κ2) is 12.1. The van der Waals surface area contributed by atoms with Crippen molar-refractivity contribution < 1.29 is 40.6 Å². The van der Waals surface area contributed by atoms with Crippen molar-refractivity contribution in [1.29, 1.82) is 0 Å². The van der Waals surface area contributed by atoms with Gasteiger partial charge in [-0.3, -0.25) is 9.52 Å². The van der Waals surface area contributed by atoms with Crippen LogP contribution in [0.2, 0.25) is 5.02 Å². The van der Waals surface area contributed by atoms with Gasteiger partial charge in [0.1, 0.15) is 10.8 Å². The van der Waals surface area contributed by atoms with Gasteiger partial charge in [0.2, 0.25) is 5.88 Å². The van der Waals surface area contributed by atoms with Gasteiger partial charge in [-0.05, 0) is 42.5 Å². The molecule has 1 amide bonds. The summed E-state index contributed by atoms with van der Waals surface area (Å²) in [4.78, 5) is 24.9. The van der Waals surface area contributed by atoms with E-state index in [-0.39, 0.29) is 34.0 Å². The van der Waals surface area contributed by atoms with Gasteiger partial charge in [-0.2, -0.15) is 28.2 Å². The Hall–Kier alpha value is -5.16. The molecule has 0 saturated heterocycles. The quantitative estimate of drug-likeness (QED) is 0.221. The van der Waals surface area contributed by atoms with Crippen LogP contribution in [-0.2, 0) is 16.2 Å². The van der Waals surface area contributed by atoms with Gasteiger partial charge in [-0.15, -0.1) is 0 Å². The minimum absolute atomic E-state index is 0.0530. The number of carbonyl (C=O) groups is 1. The molecule has 0 aliphatic carbocycles. The van der Waals surface area contributed by atoms with Crippen molar-refractivity contribution in [3.63, 3.8) is 0 Å². The molecule has 0 bridgehead atoms. The van der Waals surface area contributed by atoms with Gasteiger partial charge in [-0.1, -0.05) is 23.7 Å². The predicted molar refractivity (Wildman–Crippen MR) is 155 cm³/mol. The van der Waals surface area contributed by atoms with E-state index in [2.05, 4.69) is 30.1 Å². The maximum absolute atomic E-state index is 14.1. The molecular weight excluding hydrogens is 643 g/mol. The third kappa shape index (κ3) is 6.53. The summed E-state index contributed by atoms with van der Waals surface area (Å²) in [6, 6.07) is 13.0. The fraction of sp³-hybridized carbons (Fsp3) is 0.148. The van der Waals surface area contributed by atoms with E-state index in [1.165, 1.54) is 57.7 Å². The van der Waals surface area contributed by atoms with Gasteiger partial charge in [-0.25, -0.2) is 17.9 Å². The Morgan fingerprint density at radius 3 is 2.31 bits per heavy atom. The molecule has 5 aromatic rings. The molecule has 0 aliphatic rings. The topological polar surface area (TPSA) is 159 Å². The second-order valence-electron chi connectivity index (χ2n) is 9.02. The summed E-state index contributed by atoms with van der Waals surface area (Å²) < 4.78 is 85.8. The summed E-state index contributed by atoms with van der Waals surface area (Å²) in [5, 5.41) is 5.82. The van der Waals surface area contributed by atoms with Crippen molar-refractivity contribution in [2.45, 2.75) is 11.1 Å². The van der Waals surface area contributed by atoms with E-state index in [0.29, 0.717) is 15.8 Å². The molecule has 0 radical (unpaired) electrons. The highest BCUT2D eigenvalue weighted by Crippen LogP contribution is 2.35. The summed E-state index contributed by atoms with van der Waals surface area (Å²) in [6.45, 7) is 0. The highest BCUT2D eigenvalue weighted by Gasteiger charge is 2.37. The van der Waals surface area contributed by atoms with Crippen LogP contribution in [0.5, 0.6) is 17.6 Å². The average molecular weight is 664 g/mol. The standard InChI is InChI=1S/C27H21ClF3N7O6S/c1-42-16-6-4-5-14(11-16)18-12-19(27(29,30)31)38-24(33-18)22(28)23(36-38)25(39)32-15-7-9-17(10-8-15)45(40,41)37-20-13-21(43-2)35-26(34-20)44-3/h4-13H,1-3H3,(H,32,39)(H,34,35,37). The predicted octanol–water partition coefficient (Wildman–Crippen LogP) is 4.94. The summed E-state index contributed by atoms with van der Waals surface area (Å²) in [5.74, 6) is -0.641. The first-order chi connectivity index (χ1) is 21.3. The molecule has 0 saturated carbocycles. The van der Waals surface area contributed by atoms with Crippen LogP contribution in [0.25, 0.3) is 16.9 Å². The van der Waals surface area contributed by atoms with Crippen LogP contribution in [0, 0.1) is 0 Å². The zero-order valence-electron chi connectivity index (χ0n) is 23.4. The number of fused-ring (bicyclic) bond motifs is 1. The zero-order chi connectivity index (χ0) is 32.5. The maximum Gasteiger partial charge on any atom is 0.433 e. The molecule has 234 valence electrons. The van der Waals surface area contributed by atoms with Crippen LogP contribution in [0.4, 0.5) is 24.7 Å². The number of carbonyl (C=O) groups excluding carboxylic acids is 1. The Labute approximate surface area is 258 Å². The number of benzene rings is 2. The third-order valence-electron chi connectivity index (χ3n) is 6.14. The minimum atomic E-state index is -4.88. The van der Waals surface area contributed by atoms with Crippen LogP contribution in [0.1, 0.15) is 16.2 Å². The summed E-state index contributed by atoms with van der Waals surface area (Å²) in [6.07, 6.45) is -4.88. The molecule has 18 heteroatoms. The van der Waals surface area contributed by atoms with Crippen LogP contribution < -0.4 is 24.2 Å². The second-order valence-corrected chi connectivity index (χ2v) is 11.1. The van der Waals surface area contributed by atoms with Crippen molar-refractivity contribution in [3.8, 4) is 28.9 Å². The molecule has 0 aliphatic heterocycles. The number of hydrogen-bond donors (Lipinski definition) is 2. The SMILES string of the molecule is COc1cccc(-c2cc(C(F)(F)F)n3nc(C(=O)Nc4ccc(S(=O)(=O)Nc5cc(OC)nc(OC)n5)cc4)c(Cl)c3n2)c1. The number of nitrogens with zero attached hydrogens (tertiary/aromatic N) is 5. The molecule has 3 aromatic heterocycles. The highest BCUT2D eigenvalue weighted by atomic mass is 35.5. The summed E-state index contributed by atoms with van der Waals surface area (Å²) in [7, 11) is -0.120. The van der Waals surface area contributed by atoms with E-state index in [4.69, 9.17) is 25.8 Å². The van der Waals surface area contributed by atoms with E-state index in [0.717, 1.165) is 6.07 Å². The average Bonchev–Trinajstić information content (AvgIpc) is 3.36. The van der Waals surface area contributed by atoms with Crippen LogP contribution in [-0.4, -0.2) is 60.2 Å². The van der Waals surface area contributed by atoms with Crippen LogP contribution in [0.15, 0.2) is 65.6 Å². The molecule has 2 N–H and O–H groups in total. The van der Waals surface area contributed by atoms with Crippen molar-refractivity contribution in [2.75, 3.05) is 31.4 Å². The smallest absolute Gasteiger partial charge is 0.433 e. The summed E-state index contributed by atoms with van der Waals surface area (Å²) in [5.41, 5.74) is -1.83. The van der Waals surface area contributed by atoms with Crippen molar-refractivity contribution in [1.82, 2.24) is 24.6 Å². The third-order valence-corrected chi connectivity index (χ3v) is 7.86. The number of nitrogens with one attached hydrogen (secondary N) is 2. The first kappa shape index (κ1) is 31.3. The first-order valence-electron chi connectivity index (χ1n) is 12.5. The molecule has 45 heavy (non-hydrogen) atoms. The van der Waals surface area contributed by atoms with E-state index in [9.17, 15) is 26.4 Å². The Kier molecular flexibility index (Phi) is 8.40. The lowest BCUT2D eigenvalue weighted by Gasteiger charge is -2.11. The molecule has 0 atom stereocenters. The number of rotatable bonds is 9. The number of halogens is 4. The Morgan fingerprint density at radius 1 is 0.933 bits per heavy atom. The van der Waals surface area contributed by atoms with E-state index in [1.54, 1.807) is 18.2 Å². The van der Waals surface area contributed by atoms with E-state index < -0.39 is 44.2 Å². The van der Waals surface area contributed by atoms with Crippen molar-refractivity contribution >= 4 is 44.7 Å². The molecule has 13 nitrogen and oxygen atoms in total. The number of amides is 1. The number of hydrogen-bond acceptors (Lipinski definition) is 10. The van der Waals surface area contributed by atoms with Gasteiger partial charge < -0.3 is 19.5 Å². The van der Waals surface area contributed by atoms with Gasteiger partial charge in [0.15, 0.2) is 22.9 Å². The fourth-order valence-electron chi connectivity index (χ4n) is 4.03. The van der Waals surface area contributed by atoms with Gasteiger partial charge in [0, 0.05) is 17.3 Å². The first-order valence-corrected chi connectivity index (χ1v) is 14.4. The van der Waals surface area contributed by atoms with E-state index in [1.807, 2.05) is 0 Å². The molecule has 0 fully saturated rings. The molecular formula is C27H21ClF3N7O6S. The number of aromatic nitrogens is 5. The fourth-order valence-corrected chi connectivity index (χ4v) is 5.26. The molecule has 2 aromatic carbocycles. The van der Waals surface area contributed by atoms with Crippen LogP contribution >= 0.6 is 11.6 Å². The lowest BCUT2D eigenvalue weighted by atomic mass is 10.1. The van der Waals surface area contributed by atoms with Crippen molar-refractivity contribution in [3.05, 3.63) is 77.1 Å². The van der Waals surface area contributed by atoms with Gasteiger partial charge in [0.25, 0.3) is 15.9 Å². The maximum atomic E-state index is 14.1. The Morgan fingerprint density at radius 2 is 1.67 bits per heavy atom. The normalized spacial score (nSPS) is 11.7. The lowest BCUT2D eigenvalue weighted by Crippen LogP contribution is -2.16. The number of sulfonamides is 1. The molecule has 0 unspecified atom stereocenters. The summed E-state index contributed by atoms with van der Waals surface area (Å²) >= 11 is 6.35. The number of alkyl halides is 3. The molecule has 0 spiro atoms. The number of ether oxygens (including phenoxy) is 3. The molecule has 5 rings (SSSR count). The Bertz CT molecular complexity index is 2000. The number of methoxy groups -OCH3 is 3.